The van der Waals surface area contributed by atoms with Gasteiger partial charge in [0.2, 0.25) is 5.95 Å². The van der Waals surface area contributed by atoms with Gasteiger partial charge in [0.15, 0.2) is 0 Å². The average molecular weight is 367 g/mol. The zero-order valence-electron chi connectivity index (χ0n) is 15.0. The molecule has 6 nitrogen and oxygen atoms in total. The molecule has 0 radical (unpaired) electrons. The van der Waals surface area contributed by atoms with Crippen molar-refractivity contribution in [2.24, 2.45) is 0 Å². The lowest BCUT2D eigenvalue weighted by atomic mass is 10.1. The molecular weight excluding hydrogens is 345 g/mol. The molecule has 1 fully saturated rings. The van der Waals surface area contributed by atoms with E-state index in [1.165, 1.54) is 5.56 Å². The van der Waals surface area contributed by atoms with Gasteiger partial charge in [-0.05, 0) is 23.3 Å². The topological polar surface area (TPSA) is 55.2 Å². The van der Waals surface area contributed by atoms with Gasteiger partial charge in [-0.25, -0.2) is 4.39 Å². The maximum atomic E-state index is 14.5. The lowest BCUT2D eigenvalue weighted by Crippen LogP contribution is -2.36. The van der Waals surface area contributed by atoms with Crippen LogP contribution >= 0.6 is 0 Å². The number of benzene rings is 2. The second-order valence-corrected chi connectivity index (χ2v) is 6.51. The third-order valence-electron chi connectivity index (χ3n) is 4.63. The highest BCUT2D eigenvalue weighted by Crippen LogP contribution is 2.22. The van der Waals surface area contributed by atoms with Gasteiger partial charge in [0.25, 0.3) is 0 Å². The van der Waals surface area contributed by atoms with E-state index in [1.54, 1.807) is 12.4 Å². The molecule has 0 unspecified atom stereocenters. The maximum absolute atomic E-state index is 14.5. The van der Waals surface area contributed by atoms with Crippen LogP contribution in [0, 0.1) is 5.82 Å². The molecule has 1 saturated heterocycles. The molecule has 27 heavy (non-hydrogen) atoms. The van der Waals surface area contributed by atoms with Gasteiger partial charge < -0.3 is 15.0 Å². The Morgan fingerprint density at radius 3 is 2.63 bits per heavy atom. The van der Waals surface area contributed by atoms with Crippen molar-refractivity contribution in [3.8, 4) is 0 Å². The third-order valence-corrected chi connectivity index (χ3v) is 4.63. The predicted molar refractivity (Wildman–Crippen MR) is 102 cm³/mol. The minimum absolute atomic E-state index is 0.207. The monoisotopic (exact) mass is 367 g/mol. The van der Waals surface area contributed by atoms with Crippen LogP contribution in [-0.2, 0) is 17.8 Å². The molecule has 2 aromatic carbocycles. The van der Waals surface area contributed by atoms with E-state index in [4.69, 9.17) is 4.74 Å². The van der Waals surface area contributed by atoms with Crippen molar-refractivity contribution in [3.05, 3.63) is 71.8 Å². The summed E-state index contributed by atoms with van der Waals surface area (Å²) in [5.41, 5.74) is 2.66. The van der Waals surface area contributed by atoms with E-state index < -0.39 is 0 Å². The van der Waals surface area contributed by atoms with E-state index >= 15 is 0 Å². The molecule has 0 spiro atoms. The Hall–Kier alpha value is -2.93. The number of hydrogen-bond acceptors (Lipinski definition) is 5. The Labute approximate surface area is 157 Å². The molecule has 1 N–H and O–H groups in total. The summed E-state index contributed by atoms with van der Waals surface area (Å²) in [5, 5.41) is 11.4. The van der Waals surface area contributed by atoms with E-state index in [2.05, 4.69) is 27.6 Å². The molecule has 1 aliphatic heterocycles. The number of halogens is 1. The minimum atomic E-state index is -0.207. The van der Waals surface area contributed by atoms with E-state index in [-0.39, 0.29) is 5.82 Å². The molecule has 0 aliphatic carbocycles. The van der Waals surface area contributed by atoms with Crippen LogP contribution in [0.15, 0.2) is 54.9 Å². The van der Waals surface area contributed by atoms with Crippen LogP contribution in [0.5, 0.6) is 0 Å². The second-order valence-electron chi connectivity index (χ2n) is 6.51. The van der Waals surface area contributed by atoms with Gasteiger partial charge in [-0.15, -0.1) is 10.2 Å². The van der Waals surface area contributed by atoms with E-state index in [1.807, 2.05) is 39.8 Å². The lowest BCUT2D eigenvalue weighted by molar-refractivity contribution is 0.122. The standard InChI is InChI=1S/C20H22FN5O/c21-18-12-17(6-7-19(18)25-8-10-27-11-9-25)13-22-20-24-23-15-26(20)14-16-4-2-1-3-5-16/h1-7,12,15H,8-11,13-14H2,(H,22,24). The Bertz CT molecular complexity index is 877. The maximum Gasteiger partial charge on any atom is 0.224 e. The predicted octanol–water partition coefficient (Wildman–Crippen LogP) is 2.91. The van der Waals surface area contributed by atoms with Gasteiger partial charge in [0, 0.05) is 19.6 Å². The first-order chi connectivity index (χ1) is 13.3. The number of aromatic nitrogens is 3. The summed E-state index contributed by atoms with van der Waals surface area (Å²) < 4.78 is 21.8. The third kappa shape index (κ3) is 4.25. The largest absolute Gasteiger partial charge is 0.378 e. The summed E-state index contributed by atoms with van der Waals surface area (Å²) in [7, 11) is 0. The molecule has 3 aromatic rings. The average Bonchev–Trinajstić information content (AvgIpc) is 3.15. The van der Waals surface area contributed by atoms with Gasteiger partial charge in [0.1, 0.15) is 12.1 Å². The summed E-state index contributed by atoms with van der Waals surface area (Å²) >= 11 is 0. The summed E-state index contributed by atoms with van der Waals surface area (Å²) in [6, 6.07) is 15.5. The molecular formula is C20H22FN5O. The van der Waals surface area contributed by atoms with Crippen LogP contribution in [0.1, 0.15) is 11.1 Å². The van der Waals surface area contributed by atoms with E-state index in [0.29, 0.717) is 37.9 Å². The SMILES string of the molecule is Fc1cc(CNc2nncn2Cc2ccccc2)ccc1N1CCOCC1. The summed E-state index contributed by atoms with van der Waals surface area (Å²) in [4.78, 5) is 2.02. The van der Waals surface area contributed by atoms with Crippen LogP contribution in [0.25, 0.3) is 0 Å². The minimum Gasteiger partial charge on any atom is -0.378 e. The number of hydrogen-bond donors (Lipinski definition) is 1. The Balaban J connectivity index is 1.40. The fourth-order valence-electron chi connectivity index (χ4n) is 3.19. The summed E-state index contributed by atoms with van der Waals surface area (Å²) in [5.74, 6) is 0.457. The van der Waals surface area contributed by atoms with Crippen LogP contribution in [-0.4, -0.2) is 41.1 Å². The van der Waals surface area contributed by atoms with E-state index in [0.717, 1.165) is 18.7 Å². The normalized spacial score (nSPS) is 14.3. The van der Waals surface area contributed by atoms with Crippen molar-refractivity contribution in [1.82, 2.24) is 14.8 Å². The molecule has 0 atom stereocenters. The van der Waals surface area contributed by atoms with Gasteiger partial charge in [0.05, 0.1) is 25.4 Å². The first-order valence-electron chi connectivity index (χ1n) is 9.06. The van der Waals surface area contributed by atoms with Crippen LogP contribution in [0.3, 0.4) is 0 Å². The molecule has 7 heteroatoms. The molecule has 1 aliphatic rings. The molecule has 0 amide bonds. The number of rotatable bonds is 6. The second kappa shape index (κ2) is 8.18. The van der Waals surface area contributed by atoms with Crippen molar-refractivity contribution in [1.29, 1.82) is 0 Å². The highest BCUT2D eigenvalue weighted by atomic mass is 19.1. The van der Waals surface area contributed by atoms with Gasteiger partial charge in [-0.1, -0.05) is 36.4 Å². The van der Waals surface area contributed by atoms with E-state index in [9.17, 15) is 4.39 Å². The lowest BCUT2D eigenvalue weighted by Gasteiger charge is -2.29. The molecule has 0 saturated carbocycles. The van der Waals surface area contributed by atoms with Gasteiger partial charge >= 0.3 is 0 Å². The number of morpholine rings is 1. The molecule has 2 heterocycles. The zero-order valence-corrected chi connectivity index (χ0v) is 15.0. The molecule has 4 rings (SSSR count). The highest BCUT2D eigenvalue weighted by Gasteiger charge is 2.15. The number of ether oxygens (including phenoxy) is 1. The van der Waals surface area contributed by atoms with Crippen molar-refractivity contribution in [2.75, 3.05) is 36.5 Å². The fraction of sp³-hybridized carbons (Fsp3) is 0.300. The molecule has 140 valence electrons. The van der Waals surface area contributed by atoms with Crippen molar-refractivity contribution >= 4 is 11.6 Å². The van der Waals surface area contributed by atoms with Crippen LogP contribution in [0.2, 0.25) is 0 Å². The van der Waals surface area contributed by atoms with Gasteiger partial charge in [-0.2, -0.15) is 0 Å². The van der Waals surface area contributed by atoms with Crippen molar-refractivity contribution in [2.45, 2.75) is 13.1 Å². The molecule has 1 aromatic heterocycles. The highest BCUT2D eigenvalue weighted by molar-refractivity contribution is 5.50. The van der Waals surface area contributed by atoms with Crippen LogP contribution < -0.4 is 10.2 Å². The summed E-state index contributed by atoms with van der Waals surface area (Å²) in [6.07, 6.45) is 1.69. The Morgan fingerprint density at radius 2 is 1.85 bits per heavy atom. The number of nitrogens with zero attached hydrogens (tertiary/aromatic N) is 4. The molecule has 0 bridgehead atoms. The zero-order chi connectivity index (χ0) is 18.5. The number of nitrogens with one attached hydrogen (secondary N) is 1. The first-order valence-corrected chi connectivity index (χ1v) is 9.06. The fourth-order valence-corrected chi connectivity index (χ4v) is 3.19. The Kier molecular flexibility index (Phi) is 5.29. The van der Waals surface area contributed by atoms with Crippen LogP contribution in [0.4, 0.5) is 16.0 Å². The van der Waals surface area contributed by atoms with Gasteiger partial charge in [-0.3, -0.25) is 4.57 Å². The number of anilines is 2. The summed E-state index contributed by atoms with van der Waals surface area (Å²) in [6.45, 7) is 3.88. The smallest absolute Gasteiger partial charge is 0.224 e. The quantitative estimate of drug-likeness (QED) is 0.726. The first kappa shape index (κ1) is 17.5. The van der Waals surface area contributed by atoms with Crippen molar-refractivity contribution in [3.63, 3.8) is 0 Å². The van der Waals surface area contributed by atoms with Crippen molar-refractivity contribution < 1.29 is 9.13 Å². The Morgan fingerprint density at radius 1 is 1.04 bits per heavy atom.